The number of hydrogen-bond donors (Lipinski definition) is 0. The molecule has 1 nitrogen and oxygen atoms in total. The SMILES string of the molecule is [CH2]c1ccc(C)c(C)c1CCCC(C)[O]. The minimum Gasteiger partial charge on any atom is -0.233 e. The molecule has 1 unspecified atom stereocenters. The molecule has 1 atom stereocenters. The van der Waals surface area contributed by atoms with Crippen LogP contribution in [0.5, 0.6) is 0 Å². The molecule has 0 spiro atoms. The van der Waals surface area contributed by atoms with Crippen molar-refractivity contribution < 1.29 is 5.11 Å². The molecule has 0 bridgehead atoms. The van der Waals surface area contributed by atoms with Crippen LogP contribution in [0.1, 0.15) is 42.0 Å². The molecule has 1 heteroatoms. The highest BCUT2D eigenvalue weighted by Crippen LogP contribution is 2.19. The Morgan fingerprint density at radius 1 is 1.33 bits per heavy atom. The van der Waals surface area contributed by atoms with Gasteiger partial charge in [0.1, 0.15) is 0 Å². The van der Waals surface area contributed by atoms with Crippen molar-refractivity contribution in [3.63, 3.8) is 0 Å². The predicted molar refractivity (Wildman–Crippen MR) is 63.5 cm³/mol. The van der Waals surface area contributed by atoms with Gasteiger partial charge < -0.3 is 0 Å². The van der Waals surface area contributed by atoms with Crippen molar-refractivity contribution >= 4 is 0 Å². The Bertz CT molecular complexity index is 326. The van der Waals surface area contributed by atoms with Gasteiger partial charge in [-0.2, -0.15) is 0 Å². The normalized spacial score (nSPS) is 12.9. The van der Waals surface area contributed by atoms with E-state index in [-0.39, 0.29) is 0 Å². The van der Waals surface area contributed by atoms with E-state index in [2.05, 4.69) is 32.9 Å². The fourth-order valence-corrected chi connectivity index (χ4v) is 1.84. The van der Waals surface area contributed by atoms with E-state index < -0.39 is 6.10 Å². The maximum absolute atomic E-state index is 10.9. The van der Waals surface area contributed by atoms with Crippen molar-refractivity contribution in [2.75, 3.05) is 0 Å². The second-order valence-electron chi connectivity index (χ2n) is 4.35. The lowest BCUT2D eigenvalue weighted by atomic mass is 9.94. The van der Waals surface area contributed by atoms with Crippen molar-refractivity contribution in [1.82, 2.24) is 0 Å². The van der Waals surface area contributed by atoms with E-state index >= 15 is 0 Å². The first kappa shape index (κ1) is 12.3. The maximum Gasteiger partial charge on any atom is 0.0902 e. The molecule has 1 aromatic carbocycles. The van der Waals surface area contributed by atoms with Crippen molar-refractivity contribution in [2.45, 2.75) is 46.1 Å². The summed E-state index contributed by atoms with van der Waals surface area (Å²) in [5, 5.41) is 10.9. The average Bonchev–Trinajstić information content (AvgIpc) is 2.17. The summed E-state index contributed by atoms with van der Waals surface area (Å²) in [6.45, 7) is 10.0. The molecule has 1 rings (SSSR count). The van der Waals surface area contributed by atoms with Crippen LogP contribution in [0.15, 0.2) is 12.1 Å². The lowest BCUT2D eigenvalue weighted by molar-refractivity contribution is 0.0958. The van der Waals surface area contributed by atoms with Gasteiger partial charge in [0.05, 0.1) is 6.10 Å². The summed E-state index contributed by atoms with van der Waals surface area (Å²) in [6, 6.07) is 4.18. The second kappa shape index (κ2) is 5.32. The number of benzene rings is 1. The Kier molecular flexibility index (Phi) is 4.34. The van der Waals surface area contributed by atoms with Gasteiger partial charge in [-0.3, -0.25) is 0 Å². The maximum atomic E-state index is 10.9. The summed E-state index contributed by atoms with van der Waals surface area (Å²) in [5.41, 5.74) is 5.08. The van der Waals surface area contributed by atoms with Crippen LogP contribution in [0.3, 0.4) is 0 Å². The fourth-order valence-electron chi connectivity index (χ4n) is 1.84. The first-order chi connectivity index (χ1) is 7.02. The molecule has 15 heavy (non-hydrogen) atoms. The molecule has 0 aliphatic rings. The number of rotatable bonds is 4. The third-order valence-electron chi connectivity index (χ3n) is 3.00. The van der Waals surface area contributed by atoms with Gasteiger partial charge in [-0.05, 0) is 69.2 Å². The van der Waals surface area contributed by atoms with E-state index in [1.165, 1.54) is 16.7 Å². The largest absolute Gasteiger partial charge is 0.233 e. The van der Waals surface area contributed by atoms with Crippen molar-refractivity contribution in [2.24, 2.45) is 0 Å². The molecule has 1 aromatic rings. The van der Waals surface area contributed by atoms with Gasteiger partial charge in [-0.1, -0.05) is 12.1 Å². The van der Waals surface area contributed by atoms with Crippen LogP contribution in [-0.2, 0) is 11.5 Å². The highest BCUT2D eigenvalue weighted by Gasteiger charge is 2.06. The third-order valence-corrected chi connectivity index (χ3v) is 3.00. The van der Waals surface area contributed by atoms with Gasteiger partial charge in [0, 0.05) is 0 Å². The fraction of sp³-hybridized carbons (Fsp3) is 0.500. The highest BCUT2D eigenvalue weighted by atomic mass is 16.3. The topological polar surface area (TPSA) is 19.9 Å². The Balaban J connectivity index is 2.71. The van der Waals surface area contributed by atoms with Gasteiger partial charge in [0.15, 0.2) is 0 Å². The molecule has 0 heterocycles. The average molecular weight is 204 g/mol. The Hall–Kier alpha value is -0.820. The zero-order chi connectivity index (χ0) is 11.4. The minimum absolute atomic E-state index is 0.441. The number of aryl methyl sites for hydroxylation is 1. The smallest absolute Gasteiger partial charge is 0.0902 e. The Morgan fingerprint density at radius 3 is 2.60 bits per heavy atom. The summed E-state index contributed by atoms with van der Waals surface area (Å²) in [5.74, 6) is 0. The molecule has 0 amide bonds. The summed E-state index contributed by atoms with van der Waals surface area (Å²) in [4.78, 5) is 0. The summed E-state index contributed by atoms with van der Waals surface area (Å²) in [6.07, 6.45) is 2.27. The van der Waals surface area contributed by atoms with Crippen LogP contribution in [0.25, 0.3) is 0 Å². The Morgan fingerprint density at radius 2 is 2.00 bits per heavy atom. The van der Waals surface area contributed by atoms with Crippen molar-refractivity contribution in [1.29, 1.82) is 0 Å². The van der Waals surface area contributed by atoms with Crippen LogP contribution in [-0.4, -0.2) is 6.10 Å². The highest BCUT2D eigenvalue weighted by molar-refractivity contribution is 5.41. The Labute approximate surface area is 93.1 Å². The zero-order valence-electron chi connectivity index (χ0n) is 9.97. The minimum atomic E-state index is -0.441. The zero-order valence-corrected chi connectivity index (χ0v) is 9.97. The third kappa shape index (κ3) is 3.35. The molecule has 0 aliphatic carbocycles. The van der Waals surface area contributed by atoms with Gasteiger partial charge in [-0.15, -0.1) is 0 Å². The van der Waals surface area contributed by atoms with Crippen LogP contribution >= 0.6 is 0 Å². The van der Waals surface area contributed by atoms with Gasteiger partial charge in [-0.25, -0.2) is 5.11 Å². The van der Waals surface area contributed by atoms with Crippen LogP contribution in [0.2, 0.25) is 0 Å². The molecule has 0 saturated heterocycles. The first-order valence-electron chi connectivity index (χ1n) is 5.59. The molecule has 0 saturated carbocycles. The van der Waals surface area contributed by atoms with Gasteiger partial charge >= 0.3 is 0 Å². The van der Waals surface area contributed by atoms with Crippen LogP contribution in [0, 0.1) is 20.8 Å². The summed E-state index contributed by atoms with van der Waals surface area (Å²) >= 11 is 0. The van der Waals surface area contributed by atoms with E-state index in [1.807, 2.05) is 0 Å². The van der Waals surface area contributed by atoms with Crippen LogP contribution in [0.4, 0.5) is 0 Å². The molecule has 0 aromatic heterocycles. The molecule has 0 fully saturated rings. The molecule has 0 N–H and O–H groups in total. The first-order valence-corrected chi connectivity index (χ1v) is 5.59. The molecule has 0 aliphatic heterocycles. The van der Waals surface area contributed by atoms with Crippen molar-refractivity contribution in [3.05, 3.63) is 41.3 Å². The number of hydrogen-bond acceptors (Lipinski definition) is 0. The molecular formula is C14H20O. The molecular weight excluding hydrogens is 184 g/mol. The van der Waals surface area contributed by atoms with Crippen LogP contribution < -0.4 is 0 Å². The predicted octanol–water partition coefficient (Wildman–Crippen LogP) is 3.63. The van der Waals surface area contributed by atoms with E-state index in [0.717, 1.165) is 24.8 Å². The summed E-state index contributed by atoms with van der Waals surface area (Å²) in [7, 11) is 0. The molecule has 2 radical (unpaired) electrons. The lowest BCUT2D eigenvalue weighted by Crippen LogP contribution is -2.01. The van der Waals surface area contributed by atoms with Gasteiger partial charge in [0.25, 0.3) is 0 Å². The van der Waals surface area contributed by atoms with E-state index in [9.17, 15) is 5.11 Å². The van der Waals surface area contributed by atoms with E-state index in [1.54, 1.807) is 6.92 Å². The van der Waals surface area contributed by atoms with E-state index in [4.69, 9.17) is 0 Å². The van der Waals surface area contributed by atoms with Crippen molar-refractivity contribution in [3.8, 4) is 0 Å². The van der Waals surface area contributed by atoms with E-state index in [0.29, 0.717) is 0 Å². The summed E-state index contributed by atoms with van der Waals surface area (Å²) < 4.78 is 0. The molecule has 82 valence electrons. The quantitative estimate of drug-likeness (QED) is 0.713. The monoisotopic (exact) mass is 204 g/mol. The lowest BCUT2D eigenvalue weighted by Gasteiger charge is -2.12. The standard InChI is InChI=1S/C14H20O/c1-10-8-9-11(2)14(13(10)4)7-5-6-12(3)15/h8-9,12H,2,5-7H2,1,3-4H3. The second-order valence-corrected chi connectivity index (χ2v) is 4.35. The van der Waals surface area contributed by atoms with Gasteiger partial charge in [0.2, 0.25) is 0 Å².